The molecular weight excluding hydrogens is 324 g/mol. The van der Waals surface area contributed by atoms with Crippen molar-refractivity contribution in [3.63, 3.8) is 0 Å². The molecule has 0 amide bonds. The molecule has 0 spiro atoms. The maximum Gasteiger partial charge on any atom is 0.121 e. The summed E-state index contributed by atoms with van der Waals surface area (Å²) in [5, 5.41) is 13.5. The van der Waals surface area contributed by atoms with Gasteiger partial charge in [-0.1, -0.05) is 43.4 Å². The minimum Gasteiger partial charge on any atom is -0.295 e. The predicted octanol–water partition coefficient (Wildman–Crippen LogP) is 4.98. The Morgan fingerprint density at radius 1 is 1.26 bits per heavy atom. The number of halogens is 2. The van der Waals surface area contributed by atoms with Crippen molar-refractivity contribution in [1.29, 1.82) is 5.26 Å². The summed E-state index contributed by atoms with van der Waals surface area (Å²) in [6.07, 6.45) is 7.52. The maximum atomic E-state index is 9.38. The molecule has 1 fully saturated rings. The highest BCUT2D eigenvalue weighted by Crippen LogP contribution is 2.27. The van der Waals surface area contributed by atoms with E-state index in [1.807, 2.05) is 18.2 Å². The summed E-state index contributed by atoms with van der Waals surface area (Å²) in [6.45, 7) is 0. The van der Waals surface area contributed by atoms with Gasteiger partial charge in [-0.15, -0.1) is 0 Å². The molecule has 0 aromatic heterocycles. The van der Waals surface area contributed by atoms with Gasteiger partial charge in [0.05, 0.1) is 11.1 Å². The summed E-state index contributed by atoms with van der Waals surface area (Å²) in [5.41, 5.74) is 0.975. The van der Waals surface area contributed by atoms with Crippen molar-refractivity contribution in [2.75, 3.05) is 0 Å². The van der Waals surface area contributed by atoms with Gasteiger partial charge in [-0.05, 0) is 46.5 Å². The zero-order valence-corrected chi connectivity index (χ0v) is 13.2. The van der Waals surface area contributed by atoms with Crippen molar-refractivity contribution >= 4 is 27.5 Å². The molecule has 2 rings (SSSR count). The van der Waals surface area contributed by atoms with Crippen LogP contribution in [0.2, 0.25) is 5.02 Å². The first-order valence-electron chi connectivity index (χ1n) is 6.81. The van der Waals surface area contributed by atoms with Gasteiger partial charge in [0.2, 0.25) is 0 Å². The number of nitrogens with zero attached hydrogens (tertiary/aromatic N) is 1. The van der Waals surface area contributed by atoms with E-state index in [1.165, 1.54) is 38.5 Å². The number of benzene rings is 1. The quantitative estimate of drug-likeness (QED) is 0.787. The van der Waals surface area contributed by atoms with E-state index < -0.39 is 0 Å². The Labute approximate surface area is 128 Å². The minimum absolute atomic E-state index is 0.253. The summed E-state index contributed by atoms with van der Waals surface area (Å²) in [4.78, 5) is 0. The average Bonchev–Trinajstić information content (AvgIpc) is 2.68. The molecule has 0 bridgehead atoms. The number of nitriles is 1. The Balaban J connectivity index is 2.06. The van der Waals surface area contributed by atoms with E-state index in [2.05, 4.69) is 27.3 Å². The third kappa shape index (κ3) is 4.21. The summed E-state index contributed by atoms with van der Waals surface area (Å²) in [6, 6.07) is 8.25. The standard InChI is InChI=1S/C15H18BrClN2/c16-13-9-11(7-8-14(13)17)15(10-18)19-12-5-3-1-2-4-6-12/h7-9,12,15,19H,1-6H2. The molecular formula is C15H18BrClN2. The fourth-order valence-corrected chi connectivity index (χ4v) is 3.10. The molecule has 1 aromatic carbocycles. The molecule has 0 saturated heterocycles. The van der Waals surface area contributed by atoms with Crippen molar-refractivity contribution in [2.24, 2.45) is 0 Å². The molecule has 0 radical (unpaired) electrons. The van der Waals surface area contributed by atoms with E-state index in [1.54, 1.807) is 0 Å². The van der Waals surface area contributed by atoms with Crippen LogP contribution in [0.3, 0.4) is 0 Å². The number of hydrogen-bond acceptors (Lipinski definition) is 2. The van der Waals surface area contributed by atoms with Crippen molar-refractivity contribution in [3.8, 4) is 6.07 Å². The van der Waals surface area contributed by atoms with Crippen LogP contribution in [0.25, 0.3) is 0 Å². The lowest BCUT2D eigenvalue weighted by Gasteiger charge is -2.20. The summed E-state index contributed by atoms with van der Waals surface area (Å²) < 4.78 is 0.842. The number of nitrogens with one attached hydrogen (secondary N) is 1. The molecule has 4 heteroatoms. The lowest BCUT2D eigenvalue weighted by molar-refractivity contribution is 0.436. The molecule has 1 saturated carbocycles. The second-order valence-corrected chi connectivity index (χ2v) is 6.35. The normalized spacial score (nSPS) is 18.6. The average molecular weight is 342 g/mol. The van der Waals surface area contributed by atoms with E-state index in [-0.39, 0.29) is 6.04 Å². The molecule has 0 heterocycles. The van der Waals surface area contributed by atoms with E-state index >= 15 is 0 Å². The van der Waals surface area contributed by atoms with E-state index in [0.717, 1.165) is 10.0 Å². The summed E-state index contributed by atoms with van der Waals surface area (Å²) >= 11 is 9.40. The fourth-order valence-electron chi connectivity index (χ4n) is 2.58. The smallest absolute Gasteiger partial charge is 0.121 e. The molecule has 102 valence electrons. The Kier molecular flexibility index (Phi) is 5.69. The van der Waals surface area contributed by atoms with Gasteiger partial charge in [0.25, 0.3) is 0 Å². The zero-order valence-electron chi connectivity index (χ0n) is 10.8. The van der Waals surface area contributed by atoms with Crippen LogP contribution in [-0.2, 0) is 0 Å². The van der Waals surface area contributed by atoms with Crippen molar-refractivity contribution in [2.45, 2.75) is 50.6 Å². The third-order valence-corrected chi connectivity index (χ3v) is 4.88. The molecule has 1 aliphatic rings. The van der Waals surface area contributed by atoms with E-state index in [0.29, 0.717) is 11.1 Å². The Bertz CT molecular complexity index is 462. The lowest BCUT2D eigenvalue weighted by Crippen LogP contribution is -2.31. The second-order valence-electron chi connectivity index (χ2n) is 5.09. The molecule has 1 unspecified atom stereocenters. The van der Waals surface area contributed by atoms with Gasteiger partial charge < -0.3 is 0 Å². The van der Waals surface area contributed by atoms with E-state index in [4.69, 9.17) is 11.6 Å². The minimum atomic E-state index is -0.253. The molecule has 2 nitrogen and oxygen atoms in total. The molecule has 0 aliphatic heterocycles. The van der Waals surface area contributed by atoms with Gasteiger partial charge in [-0.3, -0.25) is 5.32 Å². The SMILES string of the molecule is N#CC(NC1CCCCCC1)c1ccc(Cl)c(Br)c1. The number of hydrogen-bond donors (Lipinski definition) is 1. The van der Waals surface area contributed by atoms with Crippen LogP contribution < -0.4 is 5.32 Å². The Morgan fingerprint density at radius 2 is 1.95 bits per heavy atom. The lowest BCUT2D eigenvalue weighted by atomic mass is 10.0. The Hall–Kier alpha value is -0.560. The first-order chi connectivity index (χ1) is 9.20. The summed E-state index contributed by atoms with van der Waals surface area (Å²) in [5.74, 6) is 0. The zero-order chi connectivity index (χ0) is 13.7. The monoisotopic (exact) mass is 340 g/mol. The molecule has 1 aromatic rings. The van der Waals surface area contributed by atoms with Crippen LogP contribution in [0.4, 0.5) is 0 Å². The van der Waals surface area contributed by atoms with Gasteiger partial charge in [-0.2, -0.15) is 5.26 Å². The van der Waals surface area contributed by atoms with Crippen LogP contribution in [0.1, 0.15) is 50.1 Å². The Morgan fingerprint density at radius 3 is 2.53 bits per heavy atom. The highest BCUT2D eigenvalue weighted by atomic mass is 79.9. The predicted molar refractivity (Wildman–Crippen MR) is 82.1 cm³/mol. The number of rotatable bonds is 3. The highest BCUT2D eigenvalue weighted by Gasteiger charge is 2.18. The fraction of sp³-hybridized carbons (Fsp3) is 0.533. The van der Waals surface area contributed by atoms with Crippen LogP contribution in [0, 0.1) is 11.3 Å². The molecule has 1 atom stereocenters. The molecule has 1 N–H and O–H groups in total. The maximum absolute atomic E-state index is 9.38. The third-order valence-electron chi connectivity index (χ3n) is 3.66. The summed E-state index contributed by atoms with van der Waals surface area (Å²) in [7, 11) is 0. The van der Waals surface area contributed by atoms with Crippen LogP contribution in [-0.4, -0.2) is 6.04 Å². The van der Waals surface area contributed by atoms with E-state index in [9.17, 15) is 5.26 Å². The van der Waals surface area contributed by atoms with Crippen molar-refractivity contribution in [1.82, 2.24) is 5.32 Å². The highest BCUT2D eigenvalue weighted by molar-refractivity contribution is 9.10. The van der Waals surface area contributed by atoms with Gasteiger partial charge in [0, 0.05) is 10.5 Å². The first kappa shape index (κ1) is 14.8. The van der Waals surface area contributed by atoms with Gasteiger partial charge in [0.15, 0.2) is 0 Å². The molecule has 1 aliphatic carbocycles. The van der Waals surface area contributed by atoms with Crippen molar-refractivity contribution in [3.05, 3.63) is 33.3 Å². The largest absolute Gasteiger partial charge is 0.295 e. The second kappa shape index (κ2) is 7.28. The van der Waals surface area contributed by atoms with Gasteiger partial charge in [0.1, 0.15) is 6.04 Å². The topological polar surface area (TPSA) is 35.8 Å². The first-order valence-corrected chi connectivity index (χ1v) is 7.98. The van der Waals surface area contributed by atoms with Gasteiger partial charge in [-0.25, -0.2) is 0 Å². The molecule has 19 heavy (non-hydrogen) atoms. The van der Waals surface area contributed by atoms with Crippen LogP contribution in [0.15, 0.2) is 22.7 Å². The van der Waals surface area contributed by atoms with Crippen LogP contribution >= 0.6 is 27.5 Å². The van der Waals surface area contributed by atoms with Crippen LogP contribution in [0.5, 0.6) is 0 Å². The van der Waals surface area contributed by atoms with Gasteiger partial charge >= 0.3 is 0 Å². The van der Waals surface area contributed by atoms with Crippen molar-refractivity contribution < 1.29 is 0 Å².